The van der Waals surface area contributed by atoms with Gasteiger partial charge < -0.3 is 19.7 Å². The molecule has 0 saturated carbocycles. The molecule has 6 nitrogen and oxygen atoms in total. The van der Waals surface area contributed by atoms with Crippen LogP contribution in [0.25, 0.3) is 0 Å². The van der Waals surface area contributed by atoms with Gasteiger partial charge in [-0.25, -0.2) is 9.59 Å². The van der Waals surface area contributed by atoms with Crippen molar-refractivity contribution in [1.82, 2.24) is 0 Å². The second-order valence-corrected chi connectivity index (χ2v) is 2.93. The maximum absolute atomic E-state index is 10.9. The Morgan fingerprint density at radius 3 is 1.56 bits per heavy atom. The molecule has 0 aromatic rings. The van der Waals surface area contributed by atoms with Crippen molar-refractivity contribution in [1.29, 1.82) is 0 Å². The van der Waals surface area contributed by atoms with Gasteiger partial charge in [-0.1, -0.05) is 13.8 Å². The Morgan fingerprint density at radius 2 is 1.31 bits per heavy atom. The minimum Gasteiger partial charge on any atom is -0.433 e. The van der Waals surface area contributed by atoms with E-state index in [2.05, 4.69) is 9.47 Å². The molecule has 0 aromatic carbocycles. The van der Waals surface area contributed by atoms with Crippen LogP contribution < -0.4 is 0 Å². The Labute approximate surface area is 93.5 Å². The summed E-state index contributed by atoms with van der Waals surface area (Å²) in [7, 11) is 0. The third-order valence-electron chi connectivity index (χ3n) is 1.56. The fourth-order valence-corrected chi connectivity index (χ4v) is 0.649. The summed E-state index contributed by atoms with van der Waals surface area (Å²) in [5.41, 5.74) is 0. The van der Waals surface area contributed by atoms with E-state index in [4.69, 9.17) is 10.2 Å². The lowest BCUT2D eigenvalue weighted by molar-refractivity contribution is -0.164. The number of carbonyl (C=O) groups excluding carboxylic acids is 2. The van der Waals surface area contributed by atoms with Crippen molar-refractivity contribution >= 4 is 11.9 Å². The third kappa shape index (κ3) is 6.97. The number of aliphatic hydroxyl groups excluding tert-OH is 2. The smallest absolute Gasteiger partial charge is 0.333 e. The number of carbonyl (C=O) groups is 2. The average molecular weight is 232 g/mol. The van der Waals surface area contributed by atoms with Gasteiger partial charge in [0.15, 0.2) is 0 Å². The molecule has 16 heavy (non-hydrogen) atoms. The molecule has 0 heterocycles. The zero-order valence-electron chi connectivity index (χ0n) is 9.25. The van der Waals surface area contributed by atoms with Gasteiger partial charge in [0.05, 0.1) is 0 Å². The van der Waals surface area contributed by atoms with Gasteiger partial charge in [-0.15, -0.1) is 0 Å². The fourth-order valence-electron chi connectivity index (χ4n) is 0.649. The Bertz CT molecular complexity index is 234. The van der Waals surface area contributed by atoms with Crippen LogP contribution in [0.15, 0.2) is 12.2 Å². The standard InChI is InChI=1S/C10H16O6/c1-3-7(11)15-9(13)5-6-10(14)16-8(12)4-2/h5-8,11-12H,3-4H2,1-2H3/b6-5-. The summed E-state index contributed by atoms with van der Waals surface area (Å²) >= 11 is 0. The van der Waals surface area contributed by atoms with Crippen LogP contribution in [0.2, 0.25) is 0 Å². The molecule has 0 fully saturated rings. The molecule has 2 unspecified atom stereocenters. The molecule has 0 rings (SSSR count). The molecule has 6 heteroatoms. The summed E-state index contributed by atoms with van der Waals surface area (Å²) in [6, 6.07) is 0. The molecule has 2 N–H and O–H groups in total. The minimum absolute atomic E-state index is 0.262. The molecule has 2 atom stereocenters. The van der Waals surface area contributed by atoms with Gasteiger partial charge in [0.2, 0.25) is 12.6 Å². The van der Waals surface area contributed by atoms with E-state index in [0.717, 1.165) is 12.2 Å². The van der Waals surface area contributed by atoms with Gasteiger partial charge >= 0.3 is 11.9 Å². The second-order valence-electron chi connectivity index (χ2n) is 2.93. The highest BCUT2D eigenvalue weighted by Crippen LogP contribution is 1.96. The highest BCUT2D eigenvalue weighted by atomic mass is 16.6. The normalized spacial score (nSPS) is 14.5. The predicted molar refractivity (Wildman–Crippen MR) is 53.9 cm³/mol. The van der Waals surface area contributed by atoms with Crippen LogP contribution in [0.1, 0.15) is 26.7 Å². The molecular weight excluding hydrogens is 216 g/mol. The van der Waals surface area contributed by atoms with E-state index in [1.807, 2.05) is 0 Å². The van der Waals surface area contributed by atoms with Crippen LogP contribution >= 0.6 is 0 Å². The molecule has 0 bridgehead atoms. The van der Waals surface area contributed by atoms with E-state index < -0.39 is 24.5 Å². The number of aliphatic hydroxyl groups is 2. The van der Waals surface area contributed by atoms with E-state index in [1.165, 1.54) is 0 Å². The molecule has 0 saturated heterocycles. The molecule has 0 aliphatic heterocycles. The largest absolute Gasteiger partial charge is 0.433 e. The zero-order valence-corrected chi connectivity index (χ0v) is 9.25. The first kappa shape index (κ1) is 14.6. The van der Waals surface area contributed by atoms with Gasteiger partial charge in [0.25, 0.3) is 0 Å². The molecule has 0 aliphatic carbocycles. The lowest BCUT2D eigenvalue weighted by atomic mass is 10.4. The van der Waals surface area contributed by atoms with Crippen molar-refractivity contribution in [2.45, 2.75) is 39.3 Å². The van der Waals surface area contributed by atoms with Crippen molar-refractivity contribution in [3.8, 4) is 0 Å². The predicted octanol–water partition coefficient (Wildman–Crippen LogP) is 0.0858. The van der Waals surface area contributed by atoms with E-state index in [-0.39, 0.29) is 12.8 Å². The number of hydrogen-bond donors (Lipinski definition) is 2. The Hall–Kier alpha value is -1.40. The van der Waals surface area contributed by atoms with Crippen LogP contribution in [0.5, 0.6) is 0 Å². The van der Waals surface area contributed by atoms with Crippen molar-refractivity contribution in [3.63, 3.8) is 0 Å². The maximum atomic E-state index is 10.9. The Balaban J connectivity index is 3.98. The van der Waals surface area contributed by atoms with E-state index in [9.17, 15) is 9.59 Å². The van der Waals surface area contributed by atoms with Crippen LogP contribution in [0.3, 0.4) is 0 Å². The molecule has 0 amide bonds. The summed E-state index contributed by atoms with van der Waals surface area (Å²) in [4.78, 5) is 21.9. The second kappa shape index (κ2) is 7.84. The fraction of sp³-hybridized carbons (Fsp3) is 0.600. The number of ether oxygens (including phenoxy) is 2. The first-order chi connectivity index (χ1) is 7.49. The van der Waals surface area contributed by atoms with Crippen LogP contribution in [-0.4, -0.2) is 34.7 Å². The number of hydrogen-bond acceptors (Lipinski definition) is 6. The van der Waals surface area contributed by atoms with Crippen LogP contribution in [-0.2, 0) is 19.1 Å². The topological polar surface area (TPSA) is 93.1 Å². The lowest BCUT2D eigenvalue weighted by Crippen LogP contribution is -2.16. The highest BCUT2D eigenvalue weighted by Gasteiger charge is 2.08. The van der Waals surface area contributed by atoms with Gasteiger partial charge in [-0.2, -0.15) is 0 Å². The molecule has 0 aromatic heterocycles. The van der Waals surface area contributed by atoms with Crippen molar-refractivity contribution in [3.05, 3.63) is 12.2 Å². The third-order valence-corrected chi connectivity index (χ3v) is 1.56. The highest BCUT2D eigenvalue weighted by molar-refractivity contribution is 5.91. The van der Waals surface area contributed by atoms with Crippen molar-refractivity contribution in [2.75, 3.05) is 0 Å². The quantitative estimate of drug-likeness (QED) is 0.383. The molecule has 0 aliphatic rings. The first-order valence-corrected chi connectivity index (χ1v) is 4.95. The Kier molecular flexibility index (Phi) is 7.15. The van der Waals surface area contributed by atoms with Crippen LogP contribution in [0, 0.1) is 0 Å². The average Bonchev–Trinajstić information content (AvgIpc) is 2.26. The zero-order chi connectivity index (χ0) is 12.6. The van der Waals surface area contributed by atoms with Gasteiger partial charge in [0.1, 0.15) is 0 Å². The molecule has 0 radical (unpaired) electrons. The van der Waals surface area contributed by atoms with E-state index in [0.29, 0.717) is 0 Å². The number of rotatable bonds is 6. The summed E-state index contributed by atoms with van der Waals surface area (Å²) < 4.78 is 8.88. The van der Waals surface area contributed by atoms with Gasteiger partial charge in [0, 0.05) is 25.0 Å². The SMILES string of the molecule is CCC(O)OC(=O)/C=C\C(=O)OC(O)CC. The molecular formula is C10H16O6. The minimum atomic E-state index is -1.19. The van der Waals surface area contributed by atoms with E-state index >= 15 is 0 Å². The van der Waals surface area contributed by atoms with Gasteiger partial charge in [-0.3, -0.25) is 0 Å². The summed E-state index contributed by atoms with van der Waals surface area (Å²) in [5, 5.41) is 17.9. The maximum Gasteiger partial charge on any atom is 0.333 e. The number of esters is 2. The van der Waals surface area contributed by atoms with Gasteiger partial charge in [-0.05, 0) is 0 Å². The Morgan fingerprint density at radius 1 is 1.00 bits per heavy atom. The van der Waals surface area contributed by atoms with Crippen molar-refractivity contribution in [2.24, 2.45) is 0 Å². The molecule has 92 valence electrons. The first-order valence-electron chi connectivity index (χ1n) is 4.95. The van der Waals surface area contributed by atoms with Crippen molar-refractivity contribution < 1.29 is 29.3 Å². The molecule has 0 spiro atoms. The summed E-state index contributed by atoms with van der Waals surface area (Å²) in [6.07, 6.45) is -0.201. The summed E-state index contributed by atoms with van der Waals surface area (Å²) in [5.74, 6) is -1.70. The van der Waals surface area contributed by atoms with Crippen LogP contribution in [0.4, 0.5) is 0 Å². The van der Waals surface area contributed by atoms with E-state index in [1.54, 1.807) is 13.8 Å². The monoisotopic (exact) mass is 232 g/mol. The lowest BCUT2D eigenvalue weighted by Gasteiger charge is -2.08. The summed E-state index contributed by atoms with van der Waals surface area (Å²) in [6.45, 7) is 3.26.